The first-order valence-electron chi connectivity index (χ1n) is 6.56. The third-order valence-electron chi connectivity index (χ3n) is 3.64. The van der Waals surface area contributed by atoms with Crippen LogP contribution in [0, 0.1) is 3.57 Å². The van der Waals surface area contributed by atoms with Gasteiger partial charge in [-0.1, -0.05) is 6.42 Å². The fourth-order valence-electron chi connectivity index (χ4n) is 2.52. The summed E-state index contributed by atoms with van der Waals surface area (Å²) >= 11 is 5.94. The molecule has 18 heavy (non-hydrogen) atoms. The molecule has 1 N–H and O–H groups in total. The van der Waals surface area contributed by atoms with Gasteiger partial charge in [-0.3, -0.25) is 0 Å². The number of piperidine rings is 1. The average molecular weight is 423 g/mol. The number of benzene rings is 1. The van der Waals surface area contributed by atoms with E-state index in [4.69, 9.17) is 0 Å². The number of likely N-dealkylation sites (tertiary alicyclic amines) is 1. The van der Waals surface area contributed by atoms with Crippen LogP contribution in [0.5, 0.6) is 0 Å². The van der Waals surface area contributed by atoms with Crippen molar-refractivity contribution < 1.29 is 0 Å². The van der Waals surface area contributed by atoms with Crippen molar-refractivity contribution in [2.24, 2.45) is 0 Å². The largest absolute Gasteiger partial charge is 0.384 e. The first-order valence-corrected chi connectivity index (χ1v) is 8.43. The summed E-state index contributed by atoms with van der Waals surface area (Å²) in [7, 11) is 2.26. The van der Waals surface area contributed by atoms with E-state index < -0.39 is 0 Å². The standard InChI is InChI=1S/C14H20BrIN2/c1-18-9-3-2-4-12(18)7-8-17-14-10-11(16)5-6-13(14)15/h5-6,10,12,17H,2-4,7-9H2,1H3. The molecule has 0 radical (unpaired) electrons. The van der Waals surface area contributed by atoms with Crippen molar-refractivity contribution >= 4 is 44.2 Å². The van der Waals surface area contributed by atoms with Gasteiger partial charge < -0.3 is 10.2 Å². The van der Waals surface area contributed by atoms with E-state index in [1.807, 2.05) is 0 Å². The highest BCUT2D eigenvalue weighted by molar-refractivity contribution is 14.1. The number of rotatable bonds is 4. The van der Waals surface area contributed by atoms with Crippen LogP contribution in [-0.4, -0.2) is 31.1 Å². The van der Waals surface area contributed by atoms with Crippen LogP contribution in [-0.2, 0) is 0 Å². The van der Waals surface area contributed by atoms with Crippen molar-refractivity contribution in [1.29, 1.82) is 0 Å². The molecule has 1 aromatic carbocycles. The van der Waals surface area contributed by atoms with E-state index in [1.54, 1.807) is 0 Å². The first kappa shape index (κ1) is 14.6. The van der Waals surface area contributed by atoms with Gasteiger partial charge in [-0.25, -0.2) is 0 Å². The summed E-state index contributed by atoms with van der Waals surface area (Å²) < 4.78 is 2.42. The Hall–Kier alpha value is 0.190. The molecule has 1 aliphatic rings. The Labute approximate surface area is 132 Å². The molecule has 4 heteroatoms. The second-order valence-electron chi connectivity index (χ2n) is 4.97. The number of anilines is 1. The van der Waals surface area contributed by atoms with Crippen molar-refractivity contribution in [1.82, 2.24) is 4.90 Å². The summed E-state index contributed by atoms with van der Waals surface area (Å²) in [5.41, 5.74) is 1.21. The molecular formula is C14H20BrIN2. The Morgan fingerprint density at radius 2 is 2.28 bits per heavy atom. The molecule has 0 bridgehead atoms. The molecule has 0 spiro atoms. The second kappa shape index (κ2) is 7.10. The predicted molar refractivity (Wildman–Crippen MR) is 90.2 cm³/mol. The maximum absolute atomic E-state index is 3.59. The van der Waals surface area contributed by atoms with E-state index in [1.165, 1.54) is 41.5 Å². The van der Waals surface area contributed by atoms with Gasteiger partial charge in [0.1, 0.15) is 0 Å². The lowest BCUT2D eigenvalue weighted by molar-refractivity contribution is 0.179. The Balaban J connectivity index is 1.82. The zero-order chi connectivity index (χ0) is 13.0. The predicted octanol–water partition coefficient (Wildman–Crippen LogP) is 4.34. The molecule has 100 valence electrons. The molecule has 1 aromatic rings. The number of hydrogen-bond donors (Lipinski definition) is 1. The average Bonchev–Trinajstić information content (AvgIpc) is 2.36. The minimum absolute atomic E-state index is 0.757. The van der Waals surface area contributed by atoms with Gasteiger partial charge in [0.2, 0.25) is 0 Å². The summed E-state index contributed by atoms with van der Waals surface area (Å²) in [6, 6.07) is 7.17. The number of nitrogens with one attached hydrogen (secondary N) is 1. The molecule has 1 saturated heterocycles. The summed E-state index contributed by atoms with van der Waals surface area (Å²) in [4.78, 5) is 2.51. The molecule has 0 amide bonds. The molecule has 1 unspecified atom stereocenters. The third-order valence-corrected chi connectivity index (χ3v) is 5.01. The Bertz CT molecular complexity index is 397. The van der Waals surface area contributed by atoms with Crippen molar-refractivity contribution in [3.05, 3.63) is 26.2 Å². The van der Waals surface area contributed by atoms with Gasteiger partial charge in [0.15, 0.2) is 0 Å². The fraction of sp³-hybridized carbons (Fsp3) is 0.571. The zero-order valence-electron chi connectivity index (χ0n) is 10.8. The van der Waals surface area contributed by atoms with Crippen molar-refractivity contribution in [3.63, 3.8) is 0 Å². The SMILES string of the molecule is CN1CCCCC1CCNc1cc(I)ccc1Br. The van der Waals surface area contributed by atoms with Gasteiger partial charge in [0, 0.05) is 26.3 Å². The van der Waals surface area contributed by atoms with E-state index in [0.717, 1.165) is 17.1 Å². The molecular weight excluding hydrogens is 403 g/mol. The van der Waals surface area contributed by atoms with Crippen LogP contribution in [0.15, 0.2) is 22.7 Å². The van der Waals surface area contributed by atoms with Gasteiger partial charge >= 0.3 is 0 Å². The molecule has 0 aliphatic carbocycles. The summed E-state index contributed by atoms with van der Waals surface area (Å²) in [5.74, 6) is 0. The smallest absolute Gasteiger partial charge is 0.0495 e. The van der Waals surface area contributed by atoms with E-state index in [2.05, 4.69) is 74.0 Å². The van der Waals surface area contributed by atoms with Crippen LogP contribution in [0.1, 0.15) is 25.7 Å². The summed E-state index contributed by atoms with van der Waals surface area (Å²) in [6.45, 7) is 2.31. The van der Waals surface area contributed by atoms with Crippen LogP contribution in [0.25, 0.3) is 0 Å². The lowest BCUT2D eigenvalue weighted by atomic mass is 10.0. The maximum atomic E-state index is 3.59. The topological polar surface area (TPSA) is 15.3 Å². The molecule has 1 atom stereocenters. The third kappa shape index (κ3) is 4.10. The Morgan fingerprint density at radius 3 is 3.06 bits per heavy atom. The lowest BCUT2D eigenvalue weighted by Gasteiger charge is -2.32. The second-order valence-corrected chi connectivity index (χ2v) is 7.07. The monoisotopic (exact) mass is 422 g/mol. The maximum Gasteiger partial charge on any atom is 0.0495 e. The number of hydrogen-bond acceptors (Lipinski definition) is 2. The number of halogens is 2. The Kier molecular flexibility index (Phi) is 5.76. The molecule has 1 heterocycles. The highest BCUT2D eigenvalue weighted by atomic mass is 127. The molecule has 0 saturated carbocycles. The van der Waals surface area contributed by atoms with Crippen LogP contribution in [0.4, 0.5) is 5.69 Å². The van der Waals surface area contributed by atoms with Crippen molar-refractivity contribution in [2.75, 3.05) is 25.5 Å². The minimum Gasteiger partial charge on any atom is -0.384 e. The summed E-state index contributed by atoms with van der Waals surface area (Å²) in [5, 5.41) is 3.54. The highest BCUT2D eigenvalue weighted by Gasteiger charge is 2.18. The number of nitrogens with zero attached hydrogens (tertiary/aromatic N) is 1. The fourth-order valence-corrected chi connectivity index (χ4v) is 3.39. The van der Waals surface area contributed by atoms with Crippen LogP contribution >= 0.6 is 38.5 Å². The molecule has 2 nitrogen and oxygen atoms in total. The van der Waals surface area contributed by atoms with Crippen LogP contribution < -0.4 is 5.32 Å². The minimum atomic E-state index is 0.757. The van der Waals surface area contributed by atoms with Gasteiger partial charge in [0.05, 0.1) is 0 Å². The lowest BCUT2D eigenvalue weighted by Crippen LogP contribution is -2.37. The van der Waals surface area contributed by atoms with Crippen molar-refractivity contribution in [3.8, 4) is 0 Å². The van der Waals surface area contributed by atoms with Gasteiger partial charge in [-0.05, 0) is 89.6 Å². The molecule has 0 aromatic heterocycles. The molecule has 2 rings (SSSR count). The quantitative estimate of drug-likeness (QED) is 0.726. The molecule has 1 fully saturated rings. The van der Waals surface area contributed by atoms with E-state index >= 15 is 0 Å². The van der Waals surface area contributed by atoms with E-state index in [0.29, 0.717) is 0 Å². The highest BCUT2D eigenvalue weighted by Crippen LogP contribution is 2.25. The normalized spacial score (nSPS) is 20.9. The first-order chi connectivity index (χ1) is 8.66. The van der Waals surface area contributed by atoms with E-state index in [9.17, 15) is 0 Å². The summed E-state index contributed by atoms with van der Waals surface area (Å²) in [6.07, 6.45) is 5.34. The van der Waals surface area contributed by atoms with Gasteiger partial charge in [-0.15, -0.1) is 0 Å². The van der Waals surface area contributed by atoms with Gasteiger partial charge in [-0.2, -0.15) is 0 Å². The van der Waals surface area contributed by atoms with E-state index in [-0.39, 0.29) is 0 Å². The Morgan fingerprint density at radius 1 is 1.44 bits per heavy atom. The van der Waals surface area contributed by atoms with Crippen molar-refractivity contribution in [2.45, 2.75) is 31.7 Å². The van der Waals surface area contributed by atoms with Gasteiger partial charge in [0.25, 0.3) is 0 Å². The van der Waals surface area contributed by atoms with Crippen LogP contribution in [0.2, 0.25) is 0 Å². The van der Waals surface area contributed by atoms with Crippen LogP contribution in [0.3, 0.4) is 0 Å². The zero-order valence-corrected chi connectivity index (χ0v) is 14.5. The molecule has 1 aliphatic heterocycles.